The Morgan fingerprint density at radius 3 is 3.00 bits per heavy atom. The lowest BCUT2D eigenvalue weighted by Crippen LogP contribution is -2.19. The fraction of sp³-hybridized carbons (Fsp3) is 0.250. The number of oxime groups is 1. The number of halogens is 1. The second kappa shape index (κ2) is 6.51. The Hall–Kier alpha value is -2.06. The minimum atomic E-state index is -0.486. The second-order valence-electron chi connectivity index (χ2n) is 3.29. The third kappa shape index (κ3) is 3.47. The van der Waals surface area contributed by atoms with Crippen LogP contribution in [0.5, 0.6) is 0 Å². The summed E-state index contributed by atoms with van der Waals surface area (Å²) in [4.78, 5) is 0. The maximum absolute atomic E-state index is 13.9. The maximum atomic E-state index is 13.9. The highest BCUT2D eigenvalue weighted by Gasteiger charge is 2.10. The summed E-state index contributed by atoms with van der Waals surface area (Å²) in [5.74, 6) is 4.82. The van der Waals surface area contributed by atoms with Crippen LogP contribution in [-0.2, 0) is 6.54 Å². The van der Waals surface area contributed by atoms with Crippen molar-refractivity contribution in [2.75, 3.05) is 6.54 Å². The van der Waals surface area contributed by atoms with Crippen molar-refractivity contribution in [3.05, 3.63) is 35.1 Å². The van der Waals surface area contributed by atoms with Crippen LogP contribution in [0, 0.1) is 17.7 Å². The molecule has 5 heteroatoms. The highest BCUT2D eigenvalue weighted by Crippen LogP contribution is 2.12. The molecule has 0 fully saturated rings. The molecule has 17 heavy (non-hydrogen) atoms. The Morgan fingerprint density at radius 2 is 2.35 bits per heavy atom. The van der Waals surface area contributed by atoms with Crippen LogP contribution in [0.2, 0.25) is 0 Å². The van der Waals surface area contributed by atoms with Crippen LogP contribution in [-0.4, -0.2) is 17.6 Å². The second-order valence-corrected chi connectivity index (χ2v) is 3.29. The first kappa shape index (κ1) is 13.0. The number of nitrogens with one attached hydrogen (secondary N) is 1. The zero-order valence-corrected chi connectivity index (χ0v) is 9.50. The van der Waals surface area contributed by atoms with Crippen molar-refractivity contribution in [2.24, 2.45) is 10.9 Å². The first-order valence-corrected chi connectivity index (χ1v) is 5.06. The van der Waals surface area contributed by atoms with Crippen LogP contribution in [0.4, 0.5) is 4.39 Å². The molecule has 4 nitrogen and oxygen atoms in total. The Bertz CT molecular complexity index is 474. The number of nitrogens with two attached hydrogens (primary N) is 1. The standard InChI is InChI=1S/C12H14FN3O/c1-2-3-7-15-8-9-5-4-6-10(11(9)13)12(14)16-17/h4-6,15,17H,7-8H2,1H3,(H2,14,16). The summed E-state index contributed by atoms with van der Waals surface area (Å²) in [5.41, 5.74) is 5.90. The lowest BCUT2D eigenvalue weighted by atomic mass is 10.1. The Kier molecular flexibility index (Phi) is 4.98. The largest absolute Gasteiger partial charge is 0.409 e. The minimum Gasteiger partial charge on any atom is -0.409 e. The van der Waals surface area contributed by atoms with Crippen molar-refractivity contribution in [3.8, 4) is 11.8 Å². The van der Waals surface area contributed by atoms with Crippen LogP contribution in [0.1, 0.15) is 18.1 Å². The van der Waals surface area contributed by atoms with E-state index in [9.17, 15) is 4.39 Å². The number of amidine groups is 1. The van der Waals surface area contributed by atoms with Crippen molar-refractivity contribution in [3.63, 3.8) is 0 Å². The molecule has 0 atom stereocenters. The molecule has 90 valence electrons. The maximum Gasteiger partial charge on any atom is 0.173 e. The molecular weight excluding hydrogens is 221 g/mol. The van der Waals surface area contributed by atoms with Gasteiger partial charge in [0.25, 0.3) is 0 Å². The van der Waals surface area contributed by atoms with Gasteiger partial charge in [-0.15, -0.1) is 5.92 Å². The fourth-order valence-electron chi connectivity index (χ4n) is 1.32. The molecule has 0 saturated heterocycles. The van der Waals surface area contributed by atoms with Gasteiger partial charge in [0.05, 0.1) is 12.1 Å². The van der Waals surface area contributed by atoms with Gasteiger partial charge in [-0.25, -0.2) is 4.39 Å². The summed E-state index contributed by atoms with van der Waals surface area (Å²) in [6, 6.07) is 4.74. The van der Waals surface area contributed by atoms with E-state index in [2.05, 4.69) is 22.3 Å². The molecule has 1 aromatic rings. The van der Waals surface area contributed by atoms with E-state index in [1.54, 1.807) is 19.1 Å². The first-order valence-electron chi connectivity index (χ1n) is 5.06. The predicted molar refractivity (Wildman–Crippen MR) is 64.1 cm³/mol. The molecule has 1 aromatic carbocycles. The van der Waals surface area contributed by atoms with Gasteiger partial charge in [-0.2, -0.15) is 0 Å². The van der Waals surface area contributed by atoms with Gasteiger partial charge in [-0.1, -0.05) is 23.2 Å². The van der Waals surface area contributed by atoms with Crippen molar-refractivity contribution in [1.29, 1.82) is 0 Å². The van der Waals surface area contributed by atoms with E-state index in [1.165, 1.54) is 6.07 Å². The summed E-state index contributed by atoms with van der Waals surface area (Å²) >= 11 is 0. The minimum absolute atomic E-state index is 0.0911. The Labute approximate surface area is 99.3 Å². The van der Waals surface area contributed by atoms with Gasteiger partial charge in [0.1, 0.15) is 5.82 Å². The Morgan fingerprint density at radius 1 is 1.59 bits per heavy atom. The SMILES string of the molecule is CC#CCNCc1cccc(/C(N)=N/O)c1F. The summed E-state index contributed by atoms with van der Waals surface area (Å²) in [5, 5.41) is 14.3. The average molecular weight is 235 g/mol. The van der Waals surface area contributed by atoms with Gasteiger partial charge in [-0.3, -0.25) is 0 Å². The van der Waals surface area contributed by atoms with Gasteiger partial charge < -0.3 is 16.3 Å². The predicted octanol–water partition coefficient (Wildman–Crippen LogP) is 1.03. The van der Waals surface area contributed by atoms with E-state index in [1.807, 2.05) is 0 Å². The zero-order chi connectivity index (χ0) is 12.7. The molecular formula is C12H14FN3O. The molecule has 0 amide bonds. The lowest BCUT2D eigenvalue weighted by molar-refractivity contribution is 0.318. The van der Waals surface area contributed by atoms with Crippen molar-refractivity contribution >= 4 is 5.84 Å². The summed E-state index contributed by atoms with van der Waals surface area (Å²) in [6.45, 7) is 2.57. The van der Waals surface area contributed by atoms with E-state index in [4.69, 9.17) is 10.9 Å². The lowest BCUT2D eigenvalue weighted by Gasteiger charge is -2.07. The molecule has 0 spiro atoms. The summed E-state index contributed by atoms with van der Waals surface area (Å²) in [6.07, 6.45) is 0. The van der Waals surface area contributed by atoms with Crippen molar-refractivity contribution in [2.45, 2.75) is 13.5 Å². The number of nitrogens with zero attached hydrogens (tertiary/aromatic N) is 1. The third-order valence-corrected chi connectivity index (χ3v) is 2.17. The number of hydrogen-bond acceptors (Lipinski definition) is 3. The highest BCUT2D eigenvalue weighted by molar-refractivity contribution is 5.97. The molecule has 0 unspecified atom stereocenters. The molecule has 0 aliphatic heterocycles. The van der Waals surface area contributed by atoms with Gasteiger partial charge in [0.2, 0.25) is 0 Å². The quantitative estimate of drug-likeness (QED) is 0.182. The van der Waals surface area contributed by atoms with E-state index in [-0.39, 0.29) is 11.4 Å². The van der Waals surface area contributed by atoms with E-state index < -0.39 is 5.82 Å². The van der Waals surface area contributed by atoms with E-state index >= 15 is 0 Å². The van der Waals surface area contributed by atoms with Gasteiger partial charge in [0.15, 0.2) is 5.84 Å². The first-order chi connectivity index (χ1) is 8.20. The van der Waals surface area contributed by atoms with Gasteiger partial charge in [-0.05, 0) is 13.0 Å². The van der Waals surface area contributed by atoms with Crippen LogP contribution < -0.4 is 11.1 Å². The molecule has 0 aromatic heterocycles. The third-order valence-electron chi connectivity index (χ3n) is 2.17. The van der Waals surface area contributed by atoms with Gasteiger partial charge in [0, 0.05) is 12.1 Å². The van der Waals surface area contributed by atoms with Crippen molar-refractivity contribution in [1.82, 2.24) is 5.32 Å². The van der Waals surface area contributed by atoms with Gasteiger partial charge >= 0.3 is 0 Å². The fourth-order valence-corrected chi connectivity index (χ4v) is 1.32. The van der Waals surface area contributed by atoms with E-state index in [0.717, 1.165) is 0 Å². The smallest absolute Gasteiger partial charge is 0.173 e. The van der Waals surface area contributed by atoms with Crippen LogP contribution in [0.3, 0.4) is 0 Å². The normalized spacial score (nSPS) is 10.8. The average Bonchev–Trinajstić information content (AvgIpc) is 2.35. The number of hydrogen-bond donors (Lipinski definition) is 3. The van der Waals surface area contributed by atoms with E-state index in [0.29, 0.717) is 18.7 Å². The molecule has 1 rings (SSSR count). The van der Waals surface area contributed by atoms with Crippen LogP contribution in [0.25, 0.3) is 0 Å². The number of rotatable bonds is 4. The van der Waals surface area contributed by atoms with Crippen molar-refractivity contribution < 1.29 is 9.60 Å². The zero-order valence-electron chi connectivity index (χ0n) is 9.50. The molecule has 0 aliphatic carbocycles. The number of benzene rings is 1. The summed E-state index contributed by atoms with van der Waals surface area (Å²) in [7, 11) is 0. The molecule has 0 heterocycles. The molecule has 0 radical (unpaired) electrons. The topological polar surface area (TPSA) is 70.6 Å². The monoisotopic (exact) mass is 235 g/mol. The van der Waals surface area contributed by atoms with Crippen LogP contribution >= 0.6 is 0 Å². The molecule has 0 saturated carbocycles. The Balaban J connectivity index is 2.82. The summed E-state index contributed by atoms with van der Waals surface area (Å²) < 4.78 is 13.9. The molecule has 0 aliphatic rings. The highest BCUT2D eigenvalue weighted by atomic mass is 19.1. The molecule has 4 N–H and O–H groups in total. The van der Waals surface area contributed by atoms with Crippen LogP contribution in [0.15, 0.2) is 23.4 Å². The molecule has 0 bridgehead atoms.